The molecule has 2 aromatic heterocycles. The van der Waals surface area contributed by atoms with E-state index in [2.05, 4.69) is 20.7 Å². The van der Waals surface area contributed by atoms with Crippen molar-refractivity contribution in [1.82, 2.24) is 20.1 Å². The number of amides is 1. The van der Waals surface area contributed by atoms with E-state index in [1.54, 1.807) is 16.0 Å². The molecule has 0 bridgehead atoms. The zero-order chi connectivity index (χ0) is 18.1. The van der Waals surface area contributed by atoms with Crippen LogP contribution in [0.1, 0.15) is 17.2 Å². The van der Waals surface area contributed by atoms with Crippen molar-refractivity contribution < 1.29 is 4.79 Å². The topological polar surface area (TPSA) is 71.8 Å². The fourth-order valence-electron chi connectivity index (χ4n) is 3.39. The smallest absolute Gasteiger partial charge is 0.229 e. The lowest BCUT2D eigenvalue weighted by Crippen LogP contribution is -2.28. The number of rotatable bonds is 4. The predicted octanol–water partition coefficient (Wildman–Crippen LogP) is 3.22. The van der Waals surface area contributed by atoms with Crippen LogP contribution < -0.4 is 10.6 Å². The lowest BCUT2D eigenvalue weighted by atomic mass is 9.90. The van der Waals surface area contributed by atoms with E-state index in [1.165, 1.54) is 0 Å². The molecule has 0 spiro atoms. The van der Waals surface area contributed by atoms with Gasteiger partial charge in [0.15, 0.2) is 0 Å². The molecule has 0 aliphatic carbocycles. The number of hydrogen-bond acceptors (Lipinski definition) is 5. The SMILES string of the molecule is Cc1csc(-c2cccc(NC(=O)[C@H]3CNC[C@@H]3c3cnn(C)c3)c2)n1.Cl. The molecule has 0 unspecified atom stereocenters. The summed E-state index contributed by atoms with van der Waals surface area (Å²) in [6, 6.07) is 7.87. The molecule has 27 heavy (non-hydrogen) atoms. The second-order valence-corrected chi connectivity index (χ2v) is 7.54. The molecule has 1 saturated heterocycles. The summed E-state index contributed by atoms with van der Waals surface area (Å²) in [7, 11) is 1.90. The number of anilines is 1. The zero-order valence-corrected chi connectivity index (χ0v) is 16.8. The highest BCUT2D eigenvalue weighted by Gasteiger charge is 2.34. The Hall–Kier alpha value is -2.22. The van der Waals surface area contributed by atoms with Gasteiger partial charge in [-0.05, 0) is 24.6 Å². The molecule has 142 valence electrons. The average molecular weight is 404 g/mol. The Labute approximate surface area is 168 Å². The summed E-state index contributed by atoms with van der Waals surface area (Å²) in [5.74, 6) is 0.0785. The maximum Gasteiger partial charge on any atom is 0.229 e. The largest absolute Gasteiger partial charge is 0.326 e. The van der Waals surface area contributed by atoms with E-state index in [0.717, 1.165) is 34.1 Å². The molecule has 1 amide bonds. The first kappa shape index (κ1) is 19.5. The summed E-state index contributed by atoms with van der Waals surface area (Å²) in [6.07, 6.45) is 3.84. The summed E-state index contributed by atoms with van der Waals surface area (Å²) >= 11 is 1.61. The van der Waals surface area contributed by atoms with Gasteiger partial charge in [0.25, 0.3) is 0 Å². The molecule has 1 aromatic carbocycles. The number of nitrogens with zero attached hydrogens (tertiary/aromatic N) is 3. The minimum Gasteiger partial charge on any atom is -0.326 e. The van der Waals surface area contributed by atoms with Crippen LogP contribution in [0.25, 0.3) is 10.6 Å². The van der Waals surface area contributed by atoms with Crippen molar-refractivity contribution in [2.75, 3.05) is 18.4 Å². The van der Waals surface area contributed by atoms with Gasteiger partial charge in [-0.25, -0.2) is 4.98 Å². The van der Waals surface area contributed by atoms with E-state index in [1.807, 2.05) is 56.0 Å². The summed E-state index contributed by atoms with van der Waals surface area (Å²) in [6.45, 7) is 3.45. The van der Waals surface area contributed by atoms with Crippen LogP contribution in [-0.2, 0) is 11.8 Å². The highest BCUT2D eigenvalue weighted by atomic mass is 35.5. The van der Waals surface area contributed by atoms with Gasteiger partial charge in [-0.1, -0.05) is 12.1 Å². The first-order valence-corrected chi connectivity index (χ1v) is 9.51. The second-order valence-electron chi connectivity index (χ2n) is 6.68. The van der Waals surface area contributed by atoms with Crippen molar-refractivity contribution in [3.63, 3.8) is 0 Å². The molecular weight excluding hydrogens is 382 g/mol. The molecule has 6 nitrogen and oxygen atoms in total. The Morgan fingerprint density at radius 2 is 2.22 bits per heavy atom. The number of benzene rings is 1. The van der Waals surface area contributed by atoms with Gasteiger partial charge in [0, 0.05) is 54.6 Å². The molecule has 0 radical (unpaired) electrons. The average Bonchev–Trinajstić information content (AvgIpc) is 3.35. The first-order valence-electron chi connectivity index (χ1n) is 8.63. The lowest BCUT2D eigenvalue weighted by Gasteiger charge is -2.17. The Kier molecular flexibility index (Phi) is 5.94. The number of thiazole rings is 1. The quantitative estimate of drug-likeness (QED) is 0.701. The van der Waals surface area contributed by atoms with Crippen molar-refractivity contribution in [3.8, 4) is 10.6 Å². The number of nitrogens with one attached hydrogen (secondary N) is 2. The van der Waals surface area contributed by atoms with Crippen molar-refractivity contribution in [2.24, 2.45) is 13.0 Å². The molecule has 1 aliphatic heterocycles. The maximum atomic E-state index is 12.9. The number of aryl methyl sites for hydroxylation is 2. The van der Waals surface area contributed by atoms with Crippen LogP contribution >= 0.6 is 23.7 Å². The van der Waals surface area contributed by atoms with Gasteiger partial charge >= 0.3 is 0 Å². The second kappa shape index (κ2) is 8.21. The van der Waals surface area contributed by atoms with Crippen molar-refractivity contribution in [2.45, 2.75) is 12.8 Å². The van der Waals surface area contributed by atoms with Gasteiger partial charge in [0.1, 0.15) is 5.01 Å². The van der Waals surface area contributed by atoms with E-state index in [4.69, 9.17) is 0 Å². The molecule has 2 N–H and O–H groups in total. The van der Waals surface area contributed by atoms with Gasteiger partial charge in [0.05, 0.1) is 12.1 Å². The number of carbonyl (C=O) groups excluding carboxylic acids is 1. The summed E-state index contributed by atoms with van der Waals surface area (Å²) < 4.78 is 1.78. The van der Waals surface area contributed by atoms with E-state index < -0.39 is 0 Å². The fraction of sp³-hybridized carbons (Fsp3) is 0.316. The van der Waals surface area contributed by atoms with Gasteiger partial charge in [-0.15, -0.1) is 23.7 Å². The molecule has 1 fully saturated rings. The predicted molar refractivity (Wildman–Crippen MR) is 110 cm³/mol. The molecule has 1 aliphatic rings. The monoisotopic (exact) mass is 403 g/mol. The number of aromatic nitrogens is 3. The number of halogens is 1. The van der Waals surface area contributed by atoms with E-state index in [9.17, 15) is 4.79 Å². The molecule has 0 saturated carbocycles. The standard InChI is InChI=1S/C19H21N5OS.ClH/c1-12-11-26-19(22-12)13-4-3-5-15(6-13)23-18(25)17-9-20-8-16(17)14-7-21-24(2)10-14;/h3-7,10-11,16-17,20H,8-9H2,1-2H3,(H,23,25);1H/t16-,17+;/m1./s1. The molecule has 4 rings (SSSR count). The molecule has 2 atom stereocenters. The third-order valence-electron chi connectivity index (χ3n) is 4.70. The third-order valence-corrected chi connectivity index (χ3v) is 5.71. The Morgan fingerprint density at radius 3 is 2.93 bits per heavy atom. The van der Waals surface area contributed by atoms with E-state index in [0.29, 0.717) is 6.54 Å². The van der Waals surface area contributed by atoms with Crippen LogP contribution in [0.15, 0.2) is 42.0 Å². The molecule has 8 heteroatoms. The van der Waals surface area contributed by atoms with Crippen molar-refractivity contribution in [1.29, 1.82) is 0 Å². The molecular formula is C19H22ClN5OS. The van der Waals surface area contributed by atoms with Crippen molar-refractivity contribution in [3.05, 3.63) is 53.3 Å². The number of carbonyl (C=O) groups is 1. The van der Waals surface area contributed by atoms with Gasteiger partial charge in [-0.2, -0.15) is 5.10 Å². The first-order chi connectivity index (χ1) is 12.6. The maximum absolute atomic E-state index is 12.9. The Morgan fingerprint density at radius 1 is 1.37 bits per heavy atom. The Bertz CT molecular complexity index is 938. The molecule has 3 heterocycles. The van der Waals surface area contributed by atoms with E-state index >= 15 is 0 Å². The summed E-state index contributed by atoms with van der Waals surface area (Å²) in [5, 5.41) is 13.6. The zero-order valence-electron chi connectivity index (χ0n) is 15.2. The molecule has 3 aromatic rings. The van der Waals surface area contributed by atoms with Crippen LogP contribution in [0.5, 0.6) is 0 Å². The summed E-state index contributed by atoms with van der Waals surface area (Å²) in [4.78, 5) is 17.4. The van der Waals surface area contributed by atoms with Crippen LogP contribution in [0, 0.1) is 12.8 Å². The fourth-order valence-corrected chi connectivity index (χ4v) is 4.18. The highest BCUT2D eigenvalue weighted by molar-refractivity contribution is 7.13. The third kappa shape index (κ3) is 4.21. The highest BCUT2D eigenvalue weighted by Crippen LogP contribution is 2.30. The van der Waals surface area contributed by atoms with Gasteiger partial charge in [0.2, 0.25) is 5.91 Å². The normalized spacial score (nSPS) is 18.9. The lowest BCUT2D eigenvalue weighted by molar-refractivity contribution is -0.119. The van der Waals surface area contributed by atoms with Crippen LogP contribution in [0.4, 0.5) is 5.69 Å². The van der Waals surface area contributed by atoms with Gasteiger partial charge < -0.3 is 10.6 Å². The summed E-state index contributed by atoms with van der Waals surface area (Å²) in [5.41, 5.74) is 3.94. The number of hydrogen-bond donors (Lipinski definition) is 2. The minimum absolute atomic E-state index is 0. The van der Waals surface area contributed by atoms with E-state index in [-0.39, 0.29) is 30.2 Å². The Balaban J connectivity index is 0.00000210. The minimum atomic E-state index is -0.107. The van der Waals surface area contributed by atoms with Crippen molar-refractivity contribution >= 4 is 35.3 Å². The van der Waals surface area contributed by atoms with Crippen LogP contribution in [-0.4, -0.2) is 33.8 Å². The van der Waals surface area contributed by atoms with Gasteiger partial charge in [-0.3, -0.25) is 9.48 Å². The van der Waals surface area contributed by atoms with Crippen LogP contribution in [0.2, 0.25) is 0 Å². The van der Waals surface area contributed by atoms with Crippen LogP contribution in [0.3, 0.4) is 0 Å².